The van der Waals surface area contributed by atoms with Crippen molar-refractivity contribution in [2.24, 2.45) is 0 Å². The lowest BCUT2D eigenvalue weighted by Crippen LogP contribution is -2.25. The Morgan fingerprint density at radius 1 is 1.06 bits per heavy atom. The molecule has 4 nitrogen and oxygen atoms in total. The first-order chi connectivity index (χ1) is 8.11. The van der Waals surface area contributed by atoms with Gasteiger partial charge in [-0.1, -0.05) is 46.0 Å². The van der Waals surface area contributed by atoms with Gasteiger partial charge in [-0.2, -0.15) is 0 Å². The topological polar surface area (TPSA) is 63.6 Å². The molecule has 0 aliphatic rings. The van der Waals surface area contributed by atoms with Crippen molar-refractivity contribution >= 4 is 11.9 Å². The molecule has 17 heavy (non-hydrogen) atoms. The Hall–Kier alpha value is -0.900. The van der Waals surface area contributed by atoms with Crippen LogP contribution in [0.5, 0.6) is 0 Å². The van der Waals surface area contributed by atoms with E-state index in [1.165, 1.54) is 6.42 Å². The third-order valence-electron chi connectivity index (χ3n) is 2.53. The number of unbranched alkanes of at least 4 members (excludes halogenated alkanes) is 4. The standard InChI is InChI=1S/C13H24O4/c1-3-5-6-7-8-10-12(15)17-13(16)11(14)9-4-2/h11,14H,3-10H2,1-2H3. The summed E-state index contributed by atoms with van der Waals surface area (Å²) in [6.07, 6.45) is 5.28. The molecular formula is C13H24O4. The predicted octanol–water partition coefficient (Wildman–Crippen LogP) is 2.58. The van der Waals surface area contributed by atoms with Gasteiger partial charge in [-0.3, -0.25) is 4.79 Å². The van der Waals surface area contributed by atoms with E-state index in [-0.39, 0.29) is 6.42 Å². The molecule has 1 unspecified atom stereocenters. The van der Waals surface area contributed by atoms with Crippen molar-refractivity contribution in [3.05, 3.63) is 0 Å². The largest absolute Gasteiger partial charge is 0.391 e. The Kier molecular flexibility index (Phi) is 9.72. The number of hydrogen-bond acceptors (Lipinski definition) is 4. The Balaban J connectivity index is 3.60. The van der Waals surface area contributed by atoms with E-state index in [2.05, 4.69) is 11.7 Å². The summed E-state index contributed by atoms with van der Waals surface area (Å²) in [6, 6.07) is 0. The number of ether oxygens (including phenoxy) is 1. The van der Waals surface area contributed by atoms with E-state index >= 15 is 0 Å². The highest BCUT2D eigenvalue weighted by atomic mass is 16.6. The zero-order valence-corrected chi connectivity index (χ0v) is 10.9. The maximum absolute atomic E-state index is 11.2. The molecule has 1 N–H and O–H groups in total. The first-order valence-corrected chi connectivity index (χ1v) is 6.54. The van der Waals surface area contributed by atoms with Crippen LogP contribution < -0.4 is 0 Å². The van der Waals surface area contributed by atoms with Gasteiger partial charge in [0.15, 0.2) is 6.10 Å². The minimum Gasteiger partial charge on any atom is -0.391 e. The molecule has 0 aromatic carbocycles. The summed E-state index contributed by atoms with van der Waals surface area (Å²) in [7, 11) is 0. The van der Waals surface area contributed by atoms with Crippen LogP contribution in [0.1, 0.15) is 65.2 Å². The fourth-order valence-electron chi connectivity index (χ4n) is 1.50. The zero-order valence-electron chi connectivity index (χ0n) is 10.9. The number of hydrogen-bond donors (Lipinski definition) is 1. The van der Waals surface area contributed by atoms with Crippen LogP contribution in [0.15, 0.2) is 0 Å². The molecule has 0 bridgehead atoms. The summed E-state index contributed by atoms with van der Waals surface area (Å²) in [6.45, 7) is 3.98. The van der Waals surface area contributed by atoms with Gasteiger partial charge in [0.1, 0.15) is 0 Å². The van der Waals surface area contributed by atoms with Gasteiger partial charge in [0.05, 0.1) is 0 Å². The van der Waals surface area contributed by atoms with E-state index in [1.54, 1.807) is 0 Å². The highest BCUT2D eigenvalue weighted by molar-refractivity contribution is 5.87. The summed E-state index contributed by atoms with van der Waals surface area (Å²) in [5, 5.41) is 9.28. The van der Waals surface area contributed by atoms with Crippen molar-refractivity contribution in [3.8, 4) is 0 Å². The second-order valence-corrected chi connectivity index (χ2v) is 4.26. The van der Waals surface area contributed by atoms with E-state index in [0.29, 0.717) is 12.8 Å². The van der Waals surface area contributed by atoms with Crippen molar-refractivity contribution in [1.82, 2.24) is 0 Å². The lowest BCUT2D eigenvalue weighted by molar-refractivity contribution is -0.166. The van der Waals surface area contributed by atoms with Crippen molar-refractivity contribution in [2.45, 2.75) is 71.3 Å². The Morgan fingerprint density at radius 3 is 2.29 bits per heavy atom. The maximum atomic E-state index is 11.2. The molecule has 0 fully saturated rings. The van der Waals surface area contributed by atoms with E-state index in [0.717, 1.165) is 25.7 Å². The molecule has 0 heterocycles. The molecular weight excluding hydrogens is 220 g/mol. The van der Waals surface area contributed by atoms with Crippen molar-refractivity contribution in [3.63, 3.8) is 0 Å². The molecule has 0 aliphatic heterocycles. The van der Waals surface area contributed by atoms with E-state index < -0.39 is 18.0 Å². The van der Waals surface area contributed by atoms with Gasteiger partial charge in [-0.05, 0) is 12.8 Å². The molecule has 0 saturated carbocycles. The summed E-state index contributed by atoms with van der Waals surface area (Å²) >= 11 is 0. The number of carbonyl (C=O) groups excluding carboxylic acids is 2. The Morgan fingerprint density at radius 2 is 1.71 bits per heavy atom. The summed E-state index contributed by atoms with van der Waals surface area (Å²) in [5.74, 6) is -1.34. The van der Waals surface area contributed by atoms with Crippen LogP contribution in [0, 0.1) is 0 Å². The molecule has 0 aliphatic carbocycles. The lowest BCUT2D eigenvalue weighted by Gasteiger charge is -2.07. The number of carbonyl (C=O) groups is 2. The van der Waals surface area contributed by atoms with E-state index in [4.69, 9.17) is 0 Å². The third-order valence-corrected chi connectivity index (χ3v) is 2.53. The van der Waals surface area contributed by atoms with Gasteiger partial charge in [-0.25, -0.2) is 4.79 Å². The van der Waals surface area contributed by atoms with Gasteiger partial charge < -0.3 is 9.84 Å². The van der Waals surface area contributed by atoms with E-state index in [9.17, 15) is 14.7 Å². The lowest BCUT2D eigenvalue weighted by atomic mass is 10.1. The van der Waals surface area contributed by atoms with Crippen LogP contribution in [0.25, 0.3) is 0 Å². The average Bonchev–Trinajstić information content (AvgIpc) is 2.29. The first-order valence-electron chi connectivity index (χ1n) is 6.54. The molecule has 0 aromatic rings. The molecule has 0 aromatic heterocycles. The maximum Gasteiger partial charge on any atom is 0.342 e. The van der Waals surface area contributed by atoms with Crippen molar-refractivity contribution in [2.75, 3.05) is 0 Å². The van der Waals surface area contributed by atoms with Gasteiger partial charge in [0.2, 0.25) is 0 Å². The van der Waals surface area contributed by atoms with Crippen LogP contribution in [-0.4, -0.2) is 23.1 Å². The van der Waals surface area contributed by atoms with Crippen LogP contribution in [0.4, 0.5) is 0 Å². The summed E-state index contributed by atoms with van der Waals surface area (Å²) < 4.78 is 4.54. The summed E-state index contributed by atoms with van der Waals surface area (Å²) in [4.78, 5) is 22.4. The number of aliphatic hydroxyl groups excluding tert-OH is 1. The van der Waals surface area contributed by atoms with E-state index in [1.807, 2.05) is 6.92 Å². The SMILES string of the molecule is CCCCCCCC(=O)OC(=O)C(O)CCC. The van der Waals surface area contributed by atoms with Crippen molar-refractivity contribution < 1.29 is 19.4 Å². The number of rotatable bonds is 9. The van der Waals surface area contributed by atoms with Gasteiger partial charge >= 0.3 is 11.9 Å². The summed E-state index contributed by atoms with van der Waals surface area (Å²) in [5.41, 5.74) is 0. The monoisotopic (exact) mass is 244 g/mol. The average molecular weight is 244 g/mol. The van der Waals surface area contributed by atoms with Crippen molar-refractivity contribution in [1.29, 1.82) is 0 Å². The quantitative estimate of drug-likeness (QED) is 0.384. The van der Waals surface area contributed by atoms with Crippen LogP contribution >= 0.6 is 0 Å². The predicted molar refractivity (Wildman–Crippen MR) is 65.4 cm³/mol. The Bertz CT molecular complexity index is 225. The zero-order chi connectivity index (χ0) is 13.1. The minimum absolute atomic E-state index is 0.258. The smallest absolute Gasteiger partial charge is 0.342 e. The van der Waals surface area contributed by atoms with Crippen LogP contribution in [0.2, 0.25) is 0 Å². The van der Waals surface area contributed by atoms with Crippen LogP contribution in [0.3, 0.4) is 0 Å². The second kappa shape index (κ2) is 10.3. The molecule has 100 valence electrons. The number of esters is 2. The van der Waals surface area contributed by atoms with Gasteiger partial charge in [-0.15, -0.1) is 0 Å². The Labute approximate surface area is 103 Å². The molecule has 0 spiro atoms. The molecule has 0 rings (SSSR count). The van der Waals surface area contributed by atoms with Crippen LogP contribution in [-0.2, 0) is 14.3 Å². The molecule has 0 amide bonds. The highest BCUT2D eigenvalue weighted by Crippen LogP contribution is 2.06. The van der Waals surface area contributed by atoms with Gasteiger partial charge in [0, 0.05) is 6.42 Å². The molecule has 1 atom stereocenters. The molecule has 0 saturated heterocycles. The number of aliphatic hydroxyl groups is 1. The fourth-order valence-corrected chi connectivity index (χ4v) is 1.50. The fraction of sp³-hybridized carbons (Fsp3) is 0.846. The first kappa shape index (κ1) is 16.1. The normalized spacial score (nSPS) is 12.2. The van der Waals surface area contributed by atoms with Gasteiger partial charge in [0.25, 0.3) is 0 Å². The minimum atomic E-state index is -1.16. The highest BCUT2D eigenvalue weighted by Gasteiger charge is 2.18. The second-order valence-electron chi connectivity index (χ2n) is 4.26. The molecule has 0 radical (unpaired) electrons. The molecule has 4 heteroatoms. The third kappa shape index (κ3) is 8.86.